The Bertz CT molecular complexity index is 896. The highest BCUT2D eigenvalue weighted by atomic mass is 16.5. The lowest BCUT2D eigenvalue weighted by Gasteiger charge is -2.36. The Morgan fingerprint density at radius 1 is 0.718 bits per heavy atom. The van der Waals surface area contributed by atoms with Crippen LogP contribution in [0.25, 0.3) is 0 Å². The van der Waals surface area contributed by atoms with Crippen molar-refractivity contribution in [2.45, 2.75) is 116 Å². The van der Waals surface area contributed by atoms with E-state index in [1.54, 1.807) is 0 Å². The molecular formula is C35H56NO3+. The summed E-state index contributed by atoms with van der Waals surface area (Å²) in [4.78, 5) is 12.9. The van der Waals surface area contributed by atoms with Gasteiger partial charge in [-0.1, -0.05) is 127 Å². The molecule has 0 aromatic heterocycles. The molecule has 0 saturated heterocycles. The van der Waals surface area contributed by atoms with Gasteiger partial charge in [0.05, 0.1) is 27.3 Å². The maximum Gasteiger partial charge on any atom is 0.364 e. The highest BCUT2D eigenvalue weighted by Gasteiger charge is 2.34. The lowest BCUT2D eigenvalue weighted by Crippen LogP contribution is -2.52. The Morgan fingerprint density at radius 2 is 1.31 bits per heavy atom. The van der Waals surface area contributed by atoms with E-state index in [1.807, 2.05) is 24.3 Å². The molecule has 0 amide bonds. The molecule has 0 radical (unpaired) electrons. The molecule has 2 aromatic carbocycles. The quantitative estimate of drug-likeness (QED) is 0.0853. The second kappa shape index (κ2) is 19.7. The second-order valence-electron chi connectivity index (χ2n) is 11.6. The zero-order valence-corrected chi connectivity index (χ0v) is 25.5. The molecule has 4 heteroatoms. The zero-order chi connectivity index (χ0) is 28.2. The summed E-state index contributed by atoms with van der Waals surface area (Å²) in [6.07, 6.45) is 17.5. The van der Waals surface area contributed by atoms with Gasteiger partial charge in [0.1, 0.15) is 12.3 Å². The van der Waals surface area contributed by atoms with Crippen LogP contribution in [0, 0.1) is 0 Å². The first-order valence-corrected chi connectivity index (χ1v) is 15.7. The fourth-order valence-electron chi connectivity index (χ4n) is 5.45. The van der Waals surface area contributed by atoms with Crippen LogP contribution in [0.2, 0.25) is 0 Å². The van der Waals surface area contributed by atoms with Crippen molar-refractivity contribution in [2.75, 3.05) is 27.3 Å². The number of carbonyl (C=O) groups excluding carboxylic acids is 1. The summed E-state index contributed by atoms with van der Waals surface area (Å²) in [5.74, 6) is 0.860. The van der Waals surface area contributed by atoms with E-state index in [0.717, 1.165) is 25.1 Å². The molecule has 1 atom stereocenters. The highest BCUT2D eigenvalue weighted by Crippen LogP contribution is 2.22. The van der Waals surface area contributed by atoms with E-state index in [1.165, 1.54) is 81.8 Å². The first-order chi connectivity index (χ1) is 19.0. The first kappa shape index (κ1) is 32.9. The molecule has 0 bridgehead atoms. The number of quaternary nitrogens is 1. The van der Waals surface area contributed by atoms with E-state index in [4.69, 9.17) is 9.47 Å². The van der Waals surface area contributed by atoms with Crippen molar-refractivity contribution < 1.29 is 18.8 Å². The van der Waals surface area contributed by atoms with Gasteiger partial charge in [-0.3, -0.25) is 0 Å². The smallest absolute Gasteiger partial charge is 0.364 e. The summed E-state index contributed by atoms with van der Waals surface area (Å²) in [6, 6.07) is 18.6. The molecule has 0 heterocycles. The third-order valence-electron chi connectivity index (χ3n) is 7.75. The fourth-order valence-corrected chi connectivity index (χ4v) is 5.45. The van der Waals surface area contributed by atoms with Gasteiger partial charge < -0.3 is 14.0 Å². The van der Waals surface area contributed by atoms with Crippen LogP contribution in [0.4, 0.5) is 0 Å². The lowest BCUT2D eigenvalue weighted by molar-refractivity contribution is -0.919. The molecule has 0 aliphatic heterocycles. The van der Waals surface area contributed by atoms with Crippen molar-refractivity contribution in [1.29, 1.82) is 0 Å². The van der Waals surface area contributed by atoms with Crippen LogP contribution in [0.3, 0.4) is 0 Å². The Labute approximate surface area is 239 Å². The van der Waals surface area contributed by atoms with E-state index in [2.05, 4.69) is 58.3 Å². The number of carbonyl (C=O) groups is 1. The average Bonchev–Trinajstić information content (AvgIpc) is 2.92. The molecule has 39 heavy (non-hydrogen) atoms. The minimum Gasteiger partial charge on any atom is -0.493 e. The van der Waals surface area contributed by atoms with Crippen LogP contribution in [0.15, 0.2) is 54.6 Å². The number of nitrogens with zero attached hydrogens (tertiary/aromatic N) is 1. The number of unbranched alkanes of at least 4 members (excludes halogenated alkanes) is 10. The van der Waals surface area contributed by atoms with E-state index in [-0.39, 0.29) is 12.0 Å². The lowest BCUT2D eigenvalue weighted by atomic mass is 10.0. The maximum absolute atomic E-state index is 12.9. The Hall–Kier alpha value is -2.33. The summed E-state index contributed by atoms with van der Waals surface area (Å²) in [6.45, 7) is 6.09. The monoisotopic (exact) mass is 538 g/mol. The average molecular weight is 539 g/mol. The van der Waals surface area contributed by atoms with Gasteiger partial charge in [-0.25, -0.2) is 4.79 Å². The fraction of sp³-hybridized carbons (Fsp3) is 0.629. The van der Waals surface area contributed by atoms with Gasteiger partial charge in [0, 0.05) is 18.4 Å². The summed E-state index contributed by atoms with van der Waals surface area (Å²) >= 11 is 0. The Morgan fingerprint density at radius 3 is 1.95 bits per heavy atom. The number of hydrogen-bond acceptors (Lipinski definition) is 3. The zero-order valence-electron chi connectivity index (χ0n) is 25.5. The van der Waals surface area contributed by atoms with Gasteiger partial charge in [0.15, 0.2) is 6.04 Å². The number of esters is 1. The summed E-state index contributed by atoms with van der Waals surface area (Å²) < 4.78 is 12.4. The number of ether oxygens (including phenoxy) is 2. The highest BCUT2D eigenvalue weighted by molar-refractivity contribution is 5.74. The predicted octanol–water partition coefficient (Wildman–Crippen LogP) is 8.91. The molecular weight excluding hydrogens is 482 g/mol. The third-order valence-corrected chi connectivity index (χ3v) is 7.75. The Balaban J connectivity index is 1.63. The van der Waals surface area contributed by atoms with Gasteiger partial charge in [0.25, 0.3) is 0 Å². The van der Waals surface area contributed by atoms with Crippen molar-refractivity contribution in [2.24, 2.45) is 0 Å². The van der Waals surface area contributed by atoms with Crippen molar-refractivity contribution in [3.8, 4) is 5.75 Å². The molecule has 0 aliphatic rings. The summed E-state index contributed by atoms with van der Waals surface area (Å²) in [5.41, 5.74) is 2.52. The van der Waals surface area contributed by atoms with E-state index in [0.29, 0.717) is 24.1 Å². The molecule has 4 nitrogen and oxygen atoms in total. The van der Waals surface area contributed by atoms with Crippen LogP contribution in [0.5, 0.6) is 5.75 Å². The number of hydrogen-bond donors (Lipinski definition) is 0. The normalized spacial score (nSPS) is 12.3. The molecule has 1 unspecified atom stereocenters. The van der Waals surface area contributed by atoms with Crippen molar-refractivity contribution in [1.82, 2.24) is 0 Å². The number of para-hydroxylation sites is 1. The molecule has 2 aromatic rings. The summed E-state index contributed by atoms with van der Waals surface area (Å²) in [7, 11) is 4.22. The summed E-state index contributed by atoms with van der Waals surface area (Å²) in [5, 5.41) is 0. The third kappa shape index (κ3) is 13.5. The minimum atomic E-state index is -0.183. The maximum atomic E-state index is 12.9. The van der Waals surface area contributed by atoms with Crippen LogP contribution in [0.1, 0.15) is 108 Å². The number of rotatable bonds is 22. The van der Waals surface area contributed by atoms with Gasteiger partial charge in [-0.15, -0.1) is 0 Å². The largest absolute Gasteiger partial charge is 0.493 e. The van der Waals surface area contributed by atoms with E-state index in [9.17, 15) is 4.79 Å². The second-order valence-corrected chi connectivity index (χ2v) is 11.6. The molecule has 0 spiro atoms. The van der Waals surface area contributed by atoms with Crippen molar-refractivity contribution in [3.05, 3.63) is 65.7 Å². The van der Waals surface area contributed by atoms with Crippen LogP contribution in [-0.4, -0.2) is 43.8 Å². The van der Waals surface area contributed by atoms with Gasteiger partial charge in [-0.2, -0.15) is 0 Å². The standard InChI is InChI=1S/C35H56NO3/c1-5-7-8-9-10-11-12-13-14-15-19-25-32-26-20-21-27-34(32)38-28-22-29-39-35(37)33(6-2)36(3,4)30-31-23-17-16-18-24-31/h16-18,20-21,23-24,26-27,33H,5-15,19,22,25,28-30H2,1-4H3/q+1. The van der Waals surface area contributed by atoms with Gasteiger partial charge in [0.2, 0.25) is 0 Å². The van der Waals surface area contributed by atoms with Crippen LogP contribution >= 0.6 is 0 Å². The van der Waals surface area contributed by atoms with Gasteiger partial charge >= 0.3 is 5.97 Å². The number of aryl methyl sites for hydroxylation is 1. The first-order valence-electron chi connectivity index (χ1n) is 15.7. The van der Waals surface area contributed by atoms with E-state index < -0.39 is 0 Å². The minimum absolute atomic E-state index is 0.115. The SMILES string of the molecule is CCCCCCCCCCCCCc1ccccc1OCCCOC(=O)C(CC)[N+](C)(C)Cc1ccccc1. The number of benzene rings is 2. The van der Waals surface area contributed by atoms with Crippen LogP contribution < -0.4 is 4.74 Å². The molecule has 0 N–H and O–H groups in total. The van der Waals surface area contributed by atoms with E-state index >= 15 is 0 Å². The molecule has 0 fully saturated rings. The number of likely N-dealkylation sites (N-methyl/N-ethyl adjacent to an activating group) is 1. The topological polar surface area (TPSA) is 35.5 Å². The van der Waals surface area contributed by atoms with Crippen molar-refractivity contribution >= 4 is 5.97 Å². The van der Waals surface area contributed by atoms with Gasteiger partial charge in [-0.05, 0) is 24.5 Å². The molecule has 2 rings (SSSR count). The van der Waals surface area contributed by atoms with Crippen molar-refractivity contribution in [3.63, 3.8) is 0 Å². The molecule has 0 aliphatic carbocycles. The van der Waals surface area contributed by atoms with Crippen LogP contribution in [-0.2, 0) is 22.5 Å². The Kier molecular flexibility index (Phi) is 16.6. The molecule has 0 saturated carbocycles. The molecule has 218 valence electrons. The predicted molar refractivity (Wildman–Crippen MR) is 164 cm³/mol.